The monoisotopic (exact) mass is 397 g/mol. The van der Waals surface area contributed by atoms with Gasteiger partial charge in [0.1, 0.15) is 0 Å². The molecule has 0 spiro atoms. The second-order valence-corrected chi connectivity index (χ2v) is 7.34. The molecule has 0 atom stereocenters. The van der Waals surface area contributed by atoms with Crippen LogP contribution in [0.3, 0.4) is 0 Å². The number of hydrogen-bond acceptors (Lipinski definition) is 7. The number of aliphatic hydroxyl groups is 1. The van der Waals surface area contributed by atoms with E-state index in [0.29, 0.717) is 18.5 Å². The first-order chi connectivity index (χ1) is 13.6. The normalized spacial score (nSPS) is 11.2. The molecule has 0 aliphatic carbocycles. The molecule has 3 aromatic heterocycles. The molecule has 0 saturated heterocycles. The summed E-state index contributed by atoms with van der Waals surface area (Å²) >= 11 is 1.54. The predicted molar refractivity (Wildman–Crippen MR) is 107 cm³/mol. The molecule has 0 fully saturated rings. The highest BCUT2D eigenvalue weighted by Gasteiger charge is 2.12. The number of nitrogens with one attached hydrogen (secondary N) is 2. The van der Waals surface area contributed by atoms with Crippen molar-refractivity contribution >= 4 is 28.2 Å². The van der Waals surface area contributed by atoms with Crippen LogP contribution < -0.4 is 10.9 Å². The molecule has 1 aromatic carbocycles. The van der Waals surface area contributed by atoms with Gasteiger partial charge in [0, 0.05) is 42.0 Å². The van der Waals surface area contributed by atoms with E-state index in [4.69, 9.17) is 0 Å². The number of aliphatic hydroxyl groups excluding tert-OH is 1. The smallest absolute Gasteiger partial charge is 0.275 e. The predicted octanol–water partition coefficient (Wildman–Crippen LogP) is 1.46. The van der Waals surface area contributed by atoms with Crippen molar-refractivity contribution in [3.63, 3.8) is 0 Å². The van der Waals surface area contributed by atoms with Gasteiger partial charge in [-0.1, -0.05) is 11.8 Å². The first-order valence-corrected chi connectivity index (χ1v) is 9.49. The minimum Gasteiger partial charge on any atom is -0.395 e. The molecule has 3 N–H and O–H groups in total. The Morgan fingerprint density at radius 2 is 2.18 bits per heavy atom. The molecule has 0 aliphatic heterocycles. The maximum absolute atomic E-state index is 12.9. The number of aromatic amines is 1. The summed E-state index contributed by atoms with van der Waals surface area (Å²) < 4.78 is 3.14. The van der Waals surface area contributed by atoms with E-state index in [1.165, 1.54) is 16.4 Å². The number of aromatic nitrogens is 6. The second kappa shape index (κ2) is 7.87. The van der Waals surface area contributed by atoms with Gasteiger partial charge in [-0.05, 0) is 18.2 Å². The van der Waals surface area contributed by atoms with Crippen LogP contribution in [0.25, 0.3) is 10.8 Å². The summed E-state index contributed by atoms with van der Waals surface area (Å²) in [6.07, 6.45) is 7.03. The third-order valence-electron chi connectivity index (χ3n) is 4.17. The molecule has 3 heterocycles. The molecule has 4 aromatic rings. The number of hydrogen-bond donors (Lipinski definition) is 3. The first-order valence-electron chi connectivity index (χ1n) is 8.67. The Hall–Kier alpha value is -3.11. The van der Waals surface area contributed by atoms with Gasteiger partial charge in [-0.25, -0.2) is 4.68 Å². The van der Waals surface area contributed by atoms with E-state index >= 15 is 0 Å². The van der Waals surface area contributed by atoms with E-state index in [1.807, 2.05) is 25.4 Å². The fourth-order valence-electron chi connectivity index (χ4n) is 2.85. The van der Waals surface area contributed by atoms with E-state index in [0.717, 1.165) is 26.6 Å². The minimum atomic E-state index is -0.183. The zero-order valence-corrected chi connectivity index (χ0v) is 16.0. The van der Waals surface area contributed by atoms with Crippen molar-refractivity contribution in [1.82, 2.24) is 29.8 Å². The number of benzene rings is 1. The zero-order chi connectivity index (χ0) is 19.5. The van der Waals surface area contributed by atoms with Crippen LogP contribution in [-0.4, -0.2) is 48.0 Å². The van der Waals surface area contributed by atoms with Crippen molar-refractivity contribution in [1.29, 1.82) is 0 Å². The van der Waals surface area contributed by atoms with Crippen molar-refractivity contribution < 1.29 is 5.11 Å². The summed E-state index contributed by atoms with van der Waals surface area (Å²) in [5, 5.41) is 28.9. The Bertz CT molecular complexity index is 1150. The van der Waals surface area contributed by atoms with E-state index < -0.39 is 0 Å². The molecule has 0 aliphatic rings. The van der Waals surface area contributed by atoms with Crippen molar-refractivity contribution in [2.45, 2.75) is 16.3 Å². The number of anilines is 1. The van der Waals surface area contributed by atoms with Gasteiger partial charge in [0.15, 0.2) is 0 Å². The summed E-state index contributed by atoms with van der Waals surface area (Å²) in [6, 6.07) is 5.55. The molecular formula is C18H19N7O2S. The fourth-order valence-corrected chi connectivity index (χ4v) is 3.84. The molecule has 144 valence electrons. The van der Waals surface area contributed by atoms with Gasteiger partial charge in [0.2, 0.25) is 0 Å². The van der Waals surface area contributed by atoms with Gasteiger partial charge in [-0.15, -0.1) is 0 Å². The Kier molecular flexibility index (Phi) is 5.13. The number of nitrogens with zero attached hydrogens (tertiary/aromatic N) is 5. The van der Waals surface area contributed by atoms with Gasteiger partial charge in [0.25, 0.3) is 5.56 Å². The Labute approximate surface area is 164 Å². The van der Waals surface area contributed by atoms with Crippen LogP contribution in [0.5, 0.6) is 0 Å². The summed E-state index contributed by atoms with van der Waals surface area (Å²) in [5.41, 5.74) is 1.40. The topological polar surface area (TPSA) is 114 Å². The molecule has 9 nitrogen and oxygen atoms in total. The van der Waals surface area contributed by atoms with Gasteiger partial charge >= 0.3 is 0 Å². The van der Waals surface area contributed by atoms with Crippen LogP contribution in [0.1, 0.15) is 5.69 Å². The molecular weight excluding hydrogens is 378 g/mol. The summed E-state index contributed by atoms with van der Waals surface area (Å²) in [4.78, 5) is 14.8. The van der Waals surface area contributed by atoms with E-state index in [9.17, 15) is 9.90 Å². The lowest BCUT2D eigenvalue weighted by Crippen LogP contribution is -2.23. The average Bonchev–Trinajstić information content (AvgIpc) is 3.34. The number of rotatable bonds is 7. The van der Waals surface area contributed by atoms with Gasteiger partial charge < -0.3 is 10.4 Å². The first kappa shape index (κ1) is 18.3. The van der Waals surface area contributed by atoms with E-state index in [-0.39, 0.29) is 12.2 Å². The van der Waals surface area contributed by atoms with Crippen molar-refractivity contribution in [2.24, 2.45) is 7.05 Å². The lowest BCUT2D eigenvalue weighted by Gasteiger charge is -2.13. The van der Waals surface area contributed by atoms with Crippen LogP contribution in [0.4, 0.5) is 5.69 Å². The molecule has 0 unspecified atom stereocenters. The van der Waals surface area contributed by atoms with E-state index in [1.54, 1.807) is 29.3 Å². The summed E-state index contributed by atoms with van der Waals surface area (Å²) in [7, 11) is 1.86. The Morgan fingerprint density at radius 3 is 2.89 bits per heavy atom. The quantitative estimate of drug-likeness (QED) is 0.433. The molecule has 0 saturated carbocycles. The highest BCUT2D eigenvalue weighted by Crippen LogP contribution is 2.35. The SMILES string of the molecule is Cn1cc(Sc2cc3cnn(Cc4ccn[nH]4)c(=O)c3cc2NCCO)cn1. The molecule has 0 bridgehead atoms. The van der Waals surface area contributed by atoms with Crippen LogP contribution >= 0.6 is 11.8 Å². The van der Waals surface area contributed by atoms with Crippen LogP contribution in [0.2, 0.25) is 0 Å². The third-order valence-corrected chi connectivity index (χ3v) is 5.17. The van der Waals surface area contributed by atoms with Crippen molar-refractivity contribution in [3.8, 4) is 0 Å². The molecule has 10 heteroatoms. The average molecular weight is 397 g/mol. The van der Waals surface area contributed by atoms with E-state index in [2.05, 4.69) is 25.7 Å². The fraction of sp³-hybridized carbons (Fsp3) is 0.222. The zero-order valence-electron chi connectivity index (χ0n) is 15.2. The largest absolute Gasteiger partial charge is 0.395 e. The van der Waals surface area contributed by atoms with Crippen LogP contribution in [0, 0.1) is 0 Å². The Morgan fingerprint density at radius 1 is 1.29 bits per heavy atom. The lowest BCUT2D eigenvalue weighted by molar-refractivity contribution is 0.311. The minimum absolute atomic E-state index is 0.00453. The maximum atomic E-state index is 12.9. The van der Waals surface area contributed by atoms with Gasteiger partial charge in [-0.2, -0.15) is 15.3 Å². The maximum Gasteiger partial charge on any atom is 0.275 e. The van der Waals surface area contributed by atoms with Crippen molar-refractivity contribution in [3.05, 3.63) is 59.0 Å². The molecule has 4 rings (SSSR count). The highest BCUT2D eigenvalue weighted by atomic mass is 32.2. The highest BCUT2D eigenvalue weighted by molar-refractivity contribution is 7.99. The summed E-state index contributed by atoms with van der Waals surface area (Å²) in [6.45, 7) is 0.704. The number of H-pyrrole nitrogens is 1. The number of fused-ring (bicyclic) bond motifs is 1. The third kappa shape index (κ3) is 3.78. The number of aryl methyl sites for hydroxylation is 1. The molecule has 28 heavy (non-hydrogen) atoms. The van der Waals surface area contributed by atoms with Gasteiger partial charge in [-0.3, -0.25) is 14.6 Å². The van der Waals surface area contributed by atoms with Crippen LogP contribution in [0.15, 0.2) is 57.6 Å². The van der Waals surface area contributed by atoms with Crippen LogP contribution in [-0.2, 0) is 13.6 Å². The van der Waals surface area contributed by atoms with Crippen molar-refractivity contribution in [2.75, 3.05) is 18.5 Å². The summed E-state index contributed by atoms with van der Waals surface area (Å²) in [5.74, 6) is 0. The molecule has 0 amide bonds. The standard InChI is InChI=1S/C18H19N7O2S/c1-24-11-14(9-21-24)28-17-6-12-8-22-25(10-13-2-3-20-23-13)18(27)15(12)7-16(17)19-4-5-26/h2-3,6-9,11,19,26H,4-5,10H2,1H3,(H,20,23). The Balaban J connectivity index is 1.75. The van der Waals surface area contributed by atoms with Gasteiger partial charge in [0.05, 0.1) is 41.5 Å². The lowest BCUT2D eigenvalue weighted by atomic mass is 10.1. The molecule has 0 radical (unpaired) electrons. The second-order valence-electron chi connectivity index (χ2n) is 6.23.